The number of nitrogens with one attached hydrogen (secondary N) is 2. The first-order valence-corrected chi connectivity index (χ1v) is 6.36. The van der Waals surface area contributed by atoms with E-state index in [0.717, 1.165) is 6.92 Å². The number of carbonyl (C=O) groups is 2. The van der Waals surface area contributed by atoms with Crippen molar-refractivity contribution in [3.05, 3.63) is 27.7 Å². The van der Waals surface area contributed by atoms with Crippen LogP contribution in [0.2, 0.25) is 5.02 Å². The van der Waals surface area contributed by atoms with E-state index in [-0.39, 0.29) is 0 Å². The lowest BCUT2D eigenvalue weighted by Crippen LogP contribution is -2.47. The molecule has 0 saturated heterocycles. The molecule has 0 aromatic heterocycles. The summed E-state index contributed by atoms with van der Waals surface area (Å²) in [4.78, 5) is 22.2. The molecule has 8 heteroatoms. The molecule has 1 aromatic carbocycles. The van der Waals surface area contributed by atoms with E-state index in [4.69, 9.17) is 16.7 Å². The average Bonchev–Trinajstić information content (AvgIpc) is 2.32. The van der Waals surface area contributed by atoms with Crippen LogP contribution in [0.15, 0.2) is 22.7 Å². The van der Waals surface area contributed by atoms with Gasteiger partial charge in [-0.1, -0.05) is 17.7 Å². The van der Waals surface area contributed by atoms with E-state index in [1.54, 1.807) is 18.2 Å². The van der Waals surface area contributed by atoms with Gasteiger partial charge in [0.2, 0.25) is 0 Å². The normalized spacial score (nSPS) is 13.5. The van der Waals surface area contributed by atoms with Gasteiger partial charge in [-0.15, -0.1) is 0 Å². The van der Waals surface area contributed by atoms with Crippen LogP contribution in [0.5, 0.6) is 0 Å². The summed E-state index contributed by atoms with van der Waals surface area (Å²) < 4.78 is 0.615. The average molecular weight is 352 g/mol. The van der Waals surface area contributed by atoms with Crippen molar-refractivity contribution >= 4 is 45.2 Å². The lowest BCUT2D eigenvalue weighted by Gasteiger charge is -2.18. The molecule has 0 aliphatic rings. The fraction of sp³-hybridized carbons (Fsp3) is 0.273. The third-order valence-electron chi connectivity index (χ3n) is 2.25. The number of hydrogen-bond donors (Lipinski definition) is 4. The van der Waals surface area contributed by atoms with Gasteiger partial charge in [-0.3, -0.25) is 0 Å². The zero-order chi connectivity index (χ0) is 14.6. The summed E-state index contributed by atoms with van der Waals surface area (Å²) in [5, 5.41) is 23.1. The molecule has 0 heterocycles. The lowest BCUT2D eigenvalue weighted by molar-refractivity contribution is -0.155. The molecule has 1 rings (SSSR count). The molecule has 6 nitrogen and oxygen atoms in total. The maximum atomic E-state index is 11.5. The molecule has 2 amide bonds. The highest BCUT2D eigenvalue weighted by Crippen LogP contribution is 2.29. The topological polar surface area (TPSA) is 98.7 Å². The van der Waals surface area contributed by atoms with Crippen molar-refractivity contribution in [2.75, 3.05) is 11.9 Å². The first-order chi connectivity index (χ1) is 8.74. The van der Waals surface area contributed by atoms with Gasteiger partial charge in [0, 0.05) is 4.47 Å². The maximum Gasteiger partial charge on any atom is 0.337 e. The third kappa shape index (κ3) is 4.38. The van der Waals surface area contributed by atoms with Crippen molar-refractivity contribution in [3.63, 3.8) is 0 Å². The number of rotatable bonds is 4. The Morgan fingerprint density at radius 3 is 2.68 bits per heavy atom. The number of anilines is 1. The number of carboxylic acid groups (broad SMARTS) is 1. The van der Waals surface area contributed by atoms with Crippen LogP contribution in [0.4, 0.5) is 10.5 Å². The maximum absolute atomic E-state index is 11.5. The number of aliphatic carboxylic acids is 1. The smallest absolute Gasteiger partial charge is 0.337 e. The molecule has 0 aliphatic heterocycles. The first-order valence-electron chi connectivity index (χ1n) is 5.18. The van der Waals surface area contributed by atoms with Crippen LogP contribution in [-0.2, 0) is 4.79 Å². The Balaban J connectivity index is 2.62. The van der Waals surface area contributed by atoms with Crippen molar-refractivity contribution in [1.29, 1.82) is 0 Å². The van der Waals surface area contributed by atoms with Crippen LogP contribution in [0, 0.1) is 0 Å². The summed E-state index contributed by atoms with van der Waals surface area (Å²) in [6.07, 6.45) is 0. The molecule has 1 atom stereocenters. The molecule has 0 radical (unpaired) electrons. The van der Waals surface area contributed by atoms with E-state index < -0.39 is 24.1 Å². The van der Waals surface area contributed by atoms with Crippen LogP contribution in [0.3, 0.4) is 0 Å². The van der Waals surface area contributed by atoms with E-state index >= 15 is 0 Å². The molecule has 0 saturated carbocycles. The van der Waals surface area contributed by atoms with Gasteiger partial charge < -0.3 is 20.8 Å². The van der Waals surface area contributed by atoms with E-state index in [0.29, 0.717) is 15.2 Å². The van der Waals surface area contributed by atoms with Crippen molar-refractivity contribution < 1.29 is 19.8 Å². The minimum atomic E-state index is -2.03. The van der Waals surface area contributed by atoms with Gasteiger partial charge in [0.25, 0.3) is 0 Å². The van der Waals surface area contributed by atoms with Crippen molar-refractivity contribution in [2.24, 2.45) is 0 Å². The molecular formula is C11H12BrClN2O4. The molecule has 0 spiro atoms. The molecule has 19 heavy (non-hydrogen) atoms. The number of amides is 2. The summed E-state index contributed by atoms with van der Waals surface area (Å²) in [6.45, 7) is 0.654. The fourth-order valence-electron chi connectivity index (χ4n) is 1.09. The Hall–Kier alpha value is -1.31. The SMILES string of the molecule is CC(O)(CNC(=O)Nc1cccc(Br)c1Cl)C(=O)O. The molecule has 0 aliphatic carbocycles. The number of benzene rings is 1. The molecular weight excluding hydrogens is 339 g/mol. The van der Waals surface area contributed by atoms with E-state index in [1.165, 1.54) is 0 Å². The Morgan fingerprint density at radius 1 is 1.47 bits per heavy atom. The van der Waals surface area contributed by atoms with Crippen molar-refractivity contribution in [1.82, 2.24) is 5.32 Å². The minimum absolute atomic E-state index is 0.322. The Bertz CT molecular complexity index is 507. The monoisotopic (exact) mass is 350 g/mol. The predicted octanol–water partition coefficient (Wildman–Crippen LogP) is 2.06. The summed E-state index contributed by atoms with van der Waals surface area (Å²) in [6, 6.07) is 4.31. The van der Waals surface area contributed by atoms with Crippen LogP contribution in [0.1, 0.15) is 6.92 Å². The predicted molar refractivity (Wildman–Crippen MR) is 74.4 cm³/mol. The largest absolute Gasteiger partial charge is 0.479 e. The van der Waals surface area contributed by atoms with Gasteiger partial charge in [0.05, 0.1) is 17.3 Å². The van der Waals surface area contributed by atoms with Gasteiger partial charge >= 0.3 is 12.0 Å². The van der Waals surface area contributed by atoms with E-state index in [2.05, 4.69) is 26.6 Å². The lowest BCUT2D eigenvalue weighted by atomic mass is 10.1. The first kappa shape index (κ1) is 15.7. The van der Waals surface area contributed by atoms with Gasteiger partial charge in [-0.05, 0) is 35.0 Å². The molecule has 1 unspecified atom stereocenters. The summed E-state index contributed by atoms with van der Waals surface area (Å²) in [7, 11) is 0. The molecule has 0 fully saturated rings. The Labute approximate surface area is 122 Å². The molecule has 4 N–H and O–H groups in total. The highest BCUT2D eigenvalue weighted by atomic mass is 79.9. The second-order valence-corrected chi connectivity index (χ2v) is 5.22. The molecule has 0 bridgehead atoms. The summed E-state index contributed by atoms with van der Waals surface area (Å²) in [5.74, 6) is -1.42. The number of urea groups is 1. The highest BCUT2D eigenvalue weighted by Gasteiger charge is 2.30. The van der Waals surface area contributed by atoms with E-state index in [9.17, 15) is 14.7 Å². The Morgan fingerprint density at radius 2 is 2.11 bits per heavy atom. The van der Waals surface area contributed by atoms with Crippen LogP contribution in [-0.4, -0.2) is 34.4 Å². The van der Waals surface area contributed by atoms with Gasteiger partial charge in [0.15, 0.2) is 5.60 Å². The van der Waals surface area contributed by atoms with Crippen molar-refractivity contribution in [3.8, 4) is 0 Å². The number of hydrogen-bond acceptors (Lipinski definition) is 3. The number of aliphatic hydroxyl groups is 1. The summed E-state index contributed by atoms with van der Waals surface area (Å²) in [5.41, 5.74) is -1.66. The molecule has 1 aromatic rings. The van der Waals surface area contributed by atoms with Crippen molar-refractivity contribution in [2.45, 2.75) is 12.5 Å². The van der Waals surface area contributed by atoms with Crippen LogP contribution in [0.25, 0.3) is 0 Å². The van der Waals surface area contributed by atoms with E-state index in [1.807, 2.05) is 0 Å². The number of carboxylic acids is 1. The van der Waals surface area contributed by atoms with Crippen LogP contribution >= 0.6 is 27.5 Å². The zero-order valence-corrected chi connectivity index (χ0v) is 12.2. The number of halogens is 2. The fourth-order valence-corrected chi connectivity index (χ4v) is 1.63. The standard InChI is InChI=1S/C11H12BrClN2O4/c1-11(19,9(16)17)5-14-10(18)15-7-4-2-3-6(12)8(7)13/h2-4,19H,5H2,1H3,(H,16,17)(H2,14,15,18). The minimum Gasteiger partial charge on any atom is -0.479 e. The number of carbonyl (C=O) groups excluding carboxylic acids is 1. The van der Waals surface area contributed by atoms with Gasteiger partial charge in [-0.25, -0.2) is 9.59 Å². The van der Waals surface area contributed by atoms with Gasteiger partial charge in [-0.2, -0.15) is 0 Å². The third-order valence-corrected chi connectivity index (χ3v) is 3.55. The second kappa shape index (κ2) is 6.23. The highest BCUT2D eigenvalue weighted by molar-refractivity contribution is 9.10. The van der Waals surface area contributed by atoms with Crippen LogP contribution < -0.4 is 10.6 Å². The quantitative estimate of drug-likeness (QED) is 0.667. The second-order valence-electron chi connectivity index (χ2n) is 3.99. The summed E-state index contributed by atoms with van der Waals surface area (Å²) >= 11 is 9.15. The van der Waals surface area contributed by atoms with Gasteiger partial charge in [0.1, 0.15) is 0 Å². The molecule has 104 valence electrons. The Kier molecular flexibility index (Phi) is 5.16. The zero-order valence-electron chi connectivity index (χ0n) is 9.91.